The van der Waals surface area contributed by atoms with E-state index < -0.39 is 37.5 Å². The van der Waals surface area contributed by atoms with Crippen LogP contribution in [0.15, 0.2) is 0 Å². The second-order valence-corrected chi connectivity index (χ2v) is 7.43. The van der Waals surface area contributed by atoms with Gasteiger partial charge in [-0.05, 0) is 18.3 Å². The van der Waals surface area contributed by atoms with Gasteiger partial charge in [0.1, 0.15) is 0 Å². The third-order valence-corrected chi connectivity index (χ3v) is 6.30. The molecule has 0 aromatic rings. The Morgan fingerprint density at radius 1 is 1.38 bits per heavy atom. The highest BCUT2D eigenvalue weighted by molar-refractivity contribution is 7.91. The molecule has 16 heavy (non-hydrogen) atoms. The van der Waals surface area contributed by atoms with Gasteiger partial charge in [0.15, 0.2) is 5.78 Å². The minimum atomic E-state index is -4.29. The number of aliphatic hydroxyl groups is 1. The maximum atomic E-state index is 12.2. The summed E-state index contributed by atoms with van der Waals surface area (Å²) in [7, 11) is -4.29. The molecule has 2 saturated carbocycles. The number of hydrogen-bond donors (Lipinski definition) is 2. The van der Waals surface area contributed by atoms with E-state index in [0.717, 1.165) is 0 Å². The Morgan fingerprint density at radius 3 is 2.12 bits per heavy atom. The molecule has 3 N–H and O–H groups in total. The van der Waals surface area contributed by atoms with Gasteiger partial charge in [-0.3, -0.25) is 4.79 Å². The highest BCUT2D eigenvalue weighted by Crippen LogP contribution is 2.67. The Labute approximate surface area is 95.1 Å². The summed E-state index contributed by atoms with van der Waals surface area (Å²) in [6, 6.07) is 0. The van der Waals surface area contributed by atoms with Crippen molar-refractivity contribution in [3.8, 4) is 0 Å². The van der Waals surface area contributed by atoms with Gasteiger partial charge < -0.3 is 5.11 Å². The lowest BCUT2D eigenvalue weighted by molar-refractivity contribution is -0.138. The van der Waals surface area contributed by atoms with Gasteiger partial charge in [0.05, 0.1) is 0 Å². The fourth-order valence-electron chi connectivity index (χ4n) is 3.47. The maximum absolute atomic E-state index is 12.2. The first-order valence-electron chi connectivity index (χ1n) is 5.29. The van der Waals surface area contributed by atoms with E-state index >= 15 is 0 Å². The molecule has 92 valence electrons. The number of primary sulfonamides is 1. The highest BCUT2D eigenvalue weighted by Gasteiger charge is 2.76. The molecule has 2 fully saturated rings. The van der Waals surface area contributed by atoms with Crippen LogP contribution in [0.3, 0.4) is 0 Å². The molecular formula is C10H17NO4S. The van der Waals surface area contributed by atoms with Gasteiger partial charge in [0, 0.05) is 11.3 Å². The van der Waals surface area contributed by atoms with Crippen LogP contribution in [0.5, 0.6) is 0 Å². The van der Waals surface area contributed by atoms with E-state index in [2.05, 4.69) is 0 Å². The molecule has 0 aromatic heterocycles. The van der Waals surface area contributed by atoms with Crippen LogP contribution in [0.2, 0.25) is 0 Å². The number of nitrogens with two attached hydrogens (primary N) is 1. The van der Waals surface area contributed by atoms with E-state index in [9.17, 15) is 18.3 Å². The number of Topliss-reactive ketones (excluding diaryl/α,β-unsaturated/α-hetero) is 1. The minimum Gasteiger partial charge on any atom is -0.367 e. The molecule has 3 atom stereocenters. The van der Waals surface area contributed by atoms with Gasteiger partial charge in [-0.15, -0.1) is 0 Å². The summed E-state index contributed by atoms with van der Waals surface area (Å²) in [4.78, 5) is 9.78. The first-order chi connectivity index (χ1) is 6.99. The topological polar surface area (TPSA) is 97.5 Å². The number of fused-ring (bicyclic) bond motifs is 2. The molecule has 2 bridgehead atoms. The van der Waals surface area contributed by atoms with E-state index in [1.54, 1.807) is 6.92 Å². The molecule has 0 spiro atoms. The number of carbonyl (C=O) groups is 1. The van der Waals surface area contributed by atoms with Gasteiger partial charge >= 0.3 is 0 Å². The van der Waals surface area contributed by atoms with Crippen molar-refractivity contribution >= 4 is 15.8 Å². The SMILES string of the molecule is CC12CCC(C1(C)C)C(O)(S(N)(=O)=O)C2=O. The quantitative estimate of drug-likeness (QED) is 0.681. The van der Waals surface area contributed by atoms with Gasteiger partial charge in [0.2, 0.25) is 15.0 Å². The second kappa shape index (κ2) is 2.68. The summed E-state index contributed by atoms with van der Waals surface area (Å²) in [5.74, 6) is -1.24. The molecule has 2 rings (SSSR count). The smallest absolute Gasteiger partial charge is 0.246 e. The Hall–Kier alpha value is -0.460. The largest absolute Gasteiger partial charge is 0.367 e. The fourth-order valence-corrected chi connectivity index (χ4v) is 4.77. The van der Waals surface area contributed by atoms with Crippen LogP contribution in [0.4, 0.5) is 0 Å². The lowest BCUT2D eigenvalue weighted by Gasteiger charge is -2.31. The van der Waals surface area contributed by atoms with Crippen molar-refractivity contribution < 1.29 is 18.3 Å². The zero-order valence-electron chi connectivity index (χ0n) is 9.65. The number of rotatable bonds is 1. The Kier molecular flexibility index (Phi) is 2.01. The number of sulfonamides is 1. The first-order valence-corrected chi connectivity index (χ1v) is 6.84. The van der Waals surface area contributed by atoms with Crippen molar-refractivity contribution in [1.82, 2.24) is 0 Å². The highest BCUT2D eigenvalue weighted by atomic mass is 32.2. The summed E-state index contributed by atoms with van der Waals surface area (Å²) in [5.41, 5.74) is -1.33. The zero-order valence-corrected chi connectivity index (χ0v) is 10.5. The lowest BCUT2D eigenvalue weighted by Crippen LogP contribution is -2.55. The molecule has 2 aliphatic carbocycles. The third kappa shape index (κ3) is 0.942. The summed E-state index contributed by atoms with van der Waals surface area (Å²) in [5, 5.41) is 15.3. The van der Waals surface area contributed by atoms with Crippen LogP contribution in [0.1, 0.15) is 33.6 Å². The van der Waals surface area contributed by atoms with Gasteiger partial charge in [-0.2, -0.15) is 0 Å². The van der Waals surface area contributed by atoms with E-state index in [1.807, 2.05) is 13.8 Å². The first kappa shape index (κ1) is 12.0. The fraction of sp³-hybridized carbons (Fsp3) is 0.900. The molecule has 0 amide bonds. The lowest BCUT2D eigenvalue weighted by atomic mass is 9.70. The van der Waals surface area contributed by atoms with Crippen molar-refractivity contribution in [1.29, 1.82) is 0 Å². The maximum Gasteiger partial charge on any atom is 0.246 e. The van der Waals surface area contributed by atoms with Gasteiger partial charge in [-0.1, -0.05) is 20.8 Å². The molecule has 0 heterocycles. The summed E-state index contributed by atoms with van der Waals surface area (Å²) in [6.45, 7) is 5.37. The van der Waals surface area contributed by atoms with Crippen molar-refractivity contribution in [2.75, 3.05) is 0 Å². The van der Waals surface area contributed by atoms with Crippen LogP contribution >= 0.6 is 0 Å². The van der Waals surface area contributed by atoms with Crippen molar-refractivity contribution in [2.45, 2.75) is 38.5 Å². The van der Waals surface area contributed by atoms with Gasteiger partial charge in [0.25, 0.3) is 0 Å². The number of carbonyl (C=O) groups excluding carboxylic acids is 1. The standard InChI is InChI=1S/C10H17NO4S/c1-8(2)6-4-5-9(8,3)7(12)10(6,13)16(11,14)15/h6,13H,4-5H2,1-3H3,(H2,11,14,15). The Morgan fingerprint density at radius 2 is 1.88 bits per heavy atom. The minimum absolute atomic E-state index is 0.516. The summed E-state index contributed by atoms with van der Waals surface area (Å²) < 4.78 is 23.0. The molecule has 3 unspecified atom stereocenters. The molecule has 6 heteroatoms. The van der Waals surface area contributed by atoms with Crippen LogP contribution in [0.25, 0.3) is 0 Å². The van der Waals surface area contributed by atoms with E-state index in [0.29, 0.717) is 12.8 Å². The molecule has 2 aliphatic rings. The average molecular weight is 247 g/mol. The van der Waals surface area contributed by atoms with Gasteiger partial charge in [-0.25, -0.2) is 13.6 Å². The van der Waals surface area contributed by atoms with Crippen LogP contribution in [-0.2, 0) is 14.8 Å². The normalized spacial score (nSPS) is 46.3. The van der Waals surface area contributed by atoms with E-state index in [1.165, 1.54) is 0 Å². The molecular weight excluding hydrogens is 230 g/mol. The van der Waals surface area contributed by atoms with E-state index in [4.69, 9.17) is 5.14 Å². The molecule has 0 aromatic carbocycles. The second-order valence-electron chi connectivity index (χ2n) is 5.72. The Balaban J connectivity index is 2.70. The number of ketones is 1. The summed E-state index contributed by atoms with van der Waals surface area (Å²) >= 11 is 0. The summed E-state index contributed by atoms with van der Waals surface area (Å²) in [6.07, 6.45) is 1.13. The van der Waals surface area contributed by atoms with Crippen molar-refractivity contribution in [3.05, 3.63) is 0 Å². The monoisotopic (exact) mass is 247 g/mol. The Bertz CT molecular complexity index is 469. The van der Waals surface area contributed by atoms with Crippen molar-refractivity contribution in [2.24, 2.45) is 21.9 Å². The van der Waals surface area contributed by atoms with Crippen molar-refractivity contribution in [3.63, 3.8) is 0 Å². The number of hydrogen-bond acceptors (Lipinski definition) is 4. The third-order valence-electron chi connectivity index (χ3n) is 4.96. The molecule has 0 saturated heterocycles. The van der Waals surface area contributed by atoms with Crippen LogP contribution in [0, 0.1) is 16.7 Å². The predicted octanol–water partition coefficient (Wildman–Crippen LogP) is -0.0113. The van der Waals surface area contributed by atoms with E-state index in [-0.39, 0.29) is 0 Å². The zero-order chi connectivity index (χ0) is 12.6. The van der Waals surface area contributed by atoms with Crippen LogP contribution < -0.4 is 5.14 Å². The molecule has 0 aliphatic heterocycles. The predicted molar refractivity (Wildman–Crippen MR) is 57.7 cm³/mol. The van der Waals surface area contributed by atoms with Crippen LogP contribution in [-0.4, -0.2) is 24.2 Å². The molecule has 0 radical (unpaired) electrons. The molecule has 5 nitrogen and oxygen atoms in total. The average Bonchev–Trinajstić information content (AvgIpc) is 2.39.